The maximum Gasteiger partial charge on any atom is 0.247 e. The quantitative estimate of drug-likeness (QED) is 0.269. The van der Waals surface area contributed by atoms with Crippen LogP contribution < -0.4 is 10.2 Å². The Morgan fingerprint density at radius 2 is 1.76 bits per heavy atom. The smallest absolute Gasteiger partial charge is 0.247 e. The van der Waals surface area contributed by atoms with Crippen LogP contribution in [0.2, 0.25) is 5.02 Å². The molecule has 42 heavy (non-hydrogen) atoms. The summed E-state index contributed by atoms with van der Waals surface area (Å²) in [6, 6.07) is 19.6. The zero-order valence-corrected chi connectivity index (χ0v) is 24.7. The van der Waals surface area contributed by atoms with E-state index in [4.69, 9.17) is 16.6 Å². The molecule has 0 radical (unpaired) electrons. The van der Waals surface area contributed by atoms with Crippen molar-refractivity contribution >= 4 is 40.4 Å². The molecule has 0 amide bonds. The average molecular weight is 585 g/mol. The molecule has 0 unspecified atom stereocenters. The van der Waals surface area contributed by atoms with Crippen LogP contribution in [0.25, 0.3) is 5.65 Å². The van der Waals surface area contributed by atoms with Crippen LogP contribution in [-0.2, 0) is 5.41 Å². The molecule has 1 spiro atoms. The Hall–Kier alpha value is -3.46. The molecule has 8 nitrogen and oxygen atoms in total. The molecule has 2 aliphatic heterocycles. The van der Waals surface area contributed by atoms with E-state index in [0.29, 0.717) is 11.0 Å². The molecule has 0 bridgehead atoms. The van der Waals surface area contributed by atoms with Gasteiger partial charge in [0.15, 0.2) is 11.4 Å². The van der Waals surface area contributed by atoms with E-state index in [0.717, 1.165) is 73.5 Å². The van der Waals surface area contributed by atoms with Gasteiger partial charge in [-0.25, -0.2) is 4.52 Å². The van der Waals surface area contributed by atoms with Crippen molar-refractivity contribution in [2.75, 3.05) is 43.5 Å². The standard InChI is InChI=1S/C33H37ClN6O2/c1-38-16-3-13-33(38)20-24(21-33)29(42)23-5-11-27(12-6-23)35-31-36-30-28(4-2-17-40(30)37-31)39-18-14-32(22-41,15-19-39)25-7-9-26(34)10-8-25/h2,4-12,17,24,41H,3,13-16,18-22H2,1H3,(H,35,37). The Morgan fingerprint density at radius 1 is 1.02 bits per heavy atom. The van der Waals surface area contributed by atoms with E-state index in [9.17, 15) is 9.90 Å². The van der Waals surface area contributed by atoms with Gasteiger partial charge < -0.3 is 20.2 Å². The maximum atomic E-state index is 13.1. The third kappa shape index (κ3) is 4.75. The number of hydrogen-bond acceptors (Lipinski definition) is 7. The van der Waals surface area contributed by atoms with Gasteiger partial charge in [-0.2, -0.15) is 4.98 Å². The zero-order valence-electron chi connectivity index (χ0n) is 24.0. The average Bonchev–Trinajstić information content (AvgIpc) is 3.59. The first kappa shape index (κ1) is 27.4. The molecule has 1 aliphatic carbocycles. The number of anilines is 3. The number of aromatic nitrogens is 3. The molecule has 7 rings (SSSR count). The topological polar surface area (TPSA) is 86.0 Å². The Bertz CT molecular complexity index is 1590. The predicted octanol–water partition coefficient (Wildman–Crippen LogP) is 5.71. The number of benzene rings is 2. The summed E-state index contributed by atoms with van der Waals surface area (Å²) >= 11 is 6.11. The van der Waals surface area contributed by atoms with Gasteiger partial charge >= 0.3 is 0 Å². The molecule has 3 aliphatic rings. The van der Waals surface area contributed by atoms with E-state index in [1.54, 1.807) is 4.52 Å². The number of likely N-dealkylation sites (tertiary alicyclic amines) is 1. The number of hydrogen-bond donors (Lipinski definition) is 2. The van der Waals surface area contributed by atoms with Crippen molar-refractivity contribution in [2.45, 2.75) is 49.5 Å². The van der Waals surface area contributed by atoms with E-state index in [1.807, 2.05) is 60.8 Å². The largest absolute Gasteiger partial charge is 0.395 e. The van der Waals surface area contributed by atoms with Crippen molar-refractivity contribution in [3.05, 3.63) is 83.0 Å². The molecule has 3 fully saturated rings. The van der Waals surface area contributed by atoms with Gasteiger partial charge in [-0.15, -0.1) is 5.10 Å². The molecule has 2 aromatic carbocycles. The van der Waals surface area contributed by atoms with Crippen LogP contribution in [0, 0.1) is 5.92 Å². The van der Waals surface area contributed by atoms with E-state index in [2.05, 4.69) is 33.3 Å². The number of piperidine rings is 1. The van der Waals surface area contributed by atoms with Gasteiger partial charge in [-0.1, -0.05) is 23.7 Å². The summed E-state index contributed by atoms with van der Waals surface area (Å²) in [5.74, 6) is 0.895. The van der Waals surface area contributed by atoms with Gasteiger partial charge in [-0.3, -0.25) is 4.79 Å². The number of carbonyl (C=O) groups is 1. The summed E-state index contributed by atoms with van der Waals surface area (Å²) in [5.41, 5.74) is 4.55. The first-order chi connectivity index (χ1) is 20.4. The van der Waals surface area contributed by atoms with E-state index in [1.165, 1.54) is 12.8 Å². The minimum absolute atomic E-state index is 0.106. The number of nitrogens with one attached hydrogen (secondary N) is 1. The number of rotatable bonds is 7. The highest BCUT2D eigenvalue weighted by molar-refractivity contribution is 6.30. The third-order valence-corrected chi connectivity index (χ3v) is 10.4. The number of Topliss-reactive ketones (excluding diaryl/α,β-unsaturated/α-hetero) is 1. The van der Waals surface area contributed by atoms with Crippen molar-refractivity contribution < 1.29 is 9.90 Å². The molecule has 2 N–H and O–H groups in total. The number of nitrogens with zero attached hydrogens (tertiary/aromatic N) is 5. The monoisotopic (exact) mass is 584 g/mol. The number of fused-ring (bicyclic) bond motifs is 1. The summed E-state index contributed by atoms with van der Waals surface area (Å²) in [5, 5.41) is 19.1. The number of carbonyl (C=O) groups excluding carboxylic acids is 1. The van der Waals surface area contributed by atoms with Gasteiger partial charge in [0, 0.05) is 52.4 Å². The minimum atomic E-state index is -0.271. The van der Waals surface area contributed by atoms with Crippen LogP contribution in [-0.4, -0.2) is 69.2 Å². The second-order valence-electron chi connectivity index (χ2n) is 12.5. The summed E-state index contributed by atoms with van der Waals surface area (Å²) < 4.78 is 1.80. The van der Waals surface area contributed by atoms with Crippen LogP contribution in [0.4, 0.5) is 17.3 Å². The lowest BCUT2D eigenvalue weighted by molar-refractivity contribution is 0.0240. The maximum absolute atomic E-state index is 13.1. The molecule has 2 aromatic heterocycles. The molecule has 4 aromatic rings. The summed E-state index contributed by atoms with van der Waals surface area (Å²) in [6.45, 7) is 2.85. The van der Waals surface area contributed by atoms with E-state index in [-0.39, 0.29) is 29.3 Å². The first-order valence-corrected chi connectivity index (χ1v) is 15.4. The Kier molecular flexibility index (Phi) is 6.95. The summed E-state index contributed by atoms with van der Waals surface area (Å²) in [7, 11) is 2.20. The summed E-state index contributed by atoms with van der Waals surface area (Å²) in [4.78, 5) is 22.7. The van der Waals surface area contributed by atoms with E-state index >= 15 is 0 Å². The van der Waals surface area contributed by atoms with Crippen LogP contribution in [0.5, 0.6) is 0 Å². The van der Waals surface area contributed by atoms with Crippen LogP contribution in [0.3, 0.4) is 0 Å². The highest BCUT2D eigenvalue weighted by atomic mass is 35.5. The second kappa shape index (κ2) is 10.7. The summed E-state index contributed by atoms with van der Waals surface area (Å²) in [6.07, 6.45) is 7.98. The predicted molar refractivity (Wildman–Crippen MR) is 166 cm³/mol. The molecular formula is C33H37ClN6O2. The molecule has 1 saturated carbocycles. The molecule has 2 saturated heterocycles. The van der Waals surface area contributed by atoms with Crippen molar-refractivity contribution in [3.63, 3.8) is 0 Å². The number of aliphatic hydroxyl groups excluding tert-OH is 1. The number of pyridine rings is 1. The van der Waals surface area contributed by atoms with Gasteiger partial charge in [-0.05, 0) is 106 Å². The van der Waals surface area contributed by atoms with Crippen molar-refractivity contribution in [3.8, 4) is 0 Å². The normalized spacial score (nSPS) is 23.8. The lowest BCUT2D eigenvalue weighted by Crippen LogP contribution is -2.54. The van der Waals surface area contributed by atoms with Gasteiger partial charge in [0.25, 0.3) is 0 Å². The fraction of sp³-hybridized carbons (Fsp3) is 0.424. The lowest BCUT2D eigenvalue weighted by Gasteiger charge is -2.49. The molecular weight excluding hydrogens is 548 g/mol. The molecule has 9 heteroatoms. The van der Waals surface area contributed by atoms with Crippen LogP contribution in [0.1, 0.15) is 54.4 Å². The first-order valence-electron chi connectivity index (χ1n) is 15.0. The molecule has 0 atom stereocenters. The van der Waals surface area contributed by atoms with Gasteiger partial charge in [0.1, 0.15) is 0 Å². The molecule has 218 valence electrons. The van der Waals surface area contributed by atoms with Crippen LogP contribution in [0.15, 0.2) is 66.9 Å². The van der Waals surface area contributed by atoms with Crippen molar-refractivity contribution in [1.82, 2.24) is 19.5 Å². The Balaban J connectivity index is 1.02. The third-order valence-electron chi connectivity index (χ3n) is 10.2. The van der Waals surface area contributed by atoms with Crippen LogP contribution >= 0.6 is 11.6 Å². The number of aliphatic hydroxyl groups is 1. The minimum Gasteiger partial charge on any atom is -0.395 e. The van der Waals surface area contributed by atoms with Gasteiger partial charge in [0.2, 0.25) is 5.95 Å². The highest BCUT2D eigenvalue weighted by Crippen LogP contribution is 2.49. The number of ketones is 1. The SMILES string of the molecule is CN1CCCC12CC(C(=O)c1ccc(Nc3nc4c(N5CCC(CO)(c6ccc(Cl)cc6)CC5)cccn4n3)cc1)C2. The molecule has 4 heterocycles. The van der Waals surface area contributed by atoms with E-state index < -0.39 is 0 Å². The highest BCUT2D eigenvalue weighted by Gasteiger charge is 2.51. The number of halogens is 1. The van der Waals surface area contributed by atoms with Gasteiger partial charge in [0.05, 0.1) is 12.3 Å². The Labute approximate surface area is 251 Å². The lowest BCUT2D eigenvalue weighted by atomic mass is 9.64. The second-order valence-corrected chi connectivity index (χ2v) is 12.9. The van der Waals surface area contributed by atoms with Crippen molar-refractivity contribution in [1.29, 1.82) is 0 Å². The Morgan fingerprint density at radius 3 is 2.43 bits per heavy atom. The fourth-order valence-electron chi connectivity index (χ4n) is 7.42. The van der Waals surface area contributed by atoms with Crippen molar-refractivity contribution in [2.24, 2.45) is 5.92 Å². The zero-order chi connectivity index (χ0) is 28.9. The fourth-order valence-corrected chi connectivity index (χ4v) is 7.55.